The molecule has 0 saturated heterocycles. The van der Waals surface area contributed by atoms with E-state index in [1.165, 1.54) is 12.1 Å². The average Bonchev–Trinajstić information content (AvgIpc) is 2.52. The number of halogens is 1. The summed E-state index contributed by atoms with van der Waals surface area (Å²) < 4.78 is 19.0. The number of nitrogens with one attached hydrogen (secondary N) is 1. The van der Waals surface area contributed by atoms with Crippen LogP contribution in [-0.2, 0) is 13.2 Å². The summed E-state index contributed by atoms with van der Waals surface area (Å²) in [5.41, 5.74) is 1.97. The lowest BCUT2D eigenvalue weighted by Crippen LogP contribution is -2.13. The van der Waals surface area contributed by atoms with Gasteiger partial charge in [-0.3, -0.25) is 0 Å². The smallest absolute Gasteiger partial charge is 0.140 e. The van der Waals surface area contributed by atoms with Crippen LogP contribution >= 0.6 is 0 Å². The van der Waals surface area contributed by atoms with Gasteiger partial charge in [-0.2, -0.15) is 5.26 Å². The summed E-state index contributed by atoms with van der Waals surface area (Å²) in [6, 6.07) is 9.90. The second-order valence-corrected chi connectivity index (χ2v) is 4.48. The average molecular weight is 285 g/mol. The van der Waals surface area contributed by atoms with Gasteiger partial charge in [0.05, 0.1) is 0 Å². The molecular formula is C16H16FN3O. The molecule has 1 aromatic heterocycles. The Morgan fingerprint density at radius 2 is 2.19 bits per heavy atom. The molecule has 0 spiro atoms. The highest BCUT2D eigenvalue weighted by atomic mass is 19.1. The monoisotopic (exact) mass is 285 g/mol. The molecule has 0 unspecified atom stereocenters. The molecule has 0 amide bonds. The van der Waals surface area contributed by atoms with Crippen LogP contribution in [0.1, 0.15) is 23.7 Å². The molecule has 1 heterocycles. The van der Waals surface area contributed by atoms with E-state index in [-0.39, 0.29) is 5.82 Å². The molecule has 0 bridgehead atoms. The van der Waals surface area contributed by atoms with Crippen LogP contribution in [0.3, 0.4) is 0 Å². The van der Waals surface area contributed by atoms with Gasteiger partial charge in [0, 0.05) is 18.3 Å². The first kappa shape index (κ1) is 14.9. The number of hydrogen-bond donors (Lipinski definition) is 1. The van der Waals surface area contributed by atoms with Crippen LogP contribution in [0.25, 0.3) is 0 Å². The topological polar surface area (TPSA) is 57.9 Å². The van der Waals surface area contributed by atoms with Crippen LogP contribution in [0.4, 0.5) is 4.39 Å². The first-order valence-electron chi connectivity index (χ1n) is 6.70. The SMILES string of the molecule is CCNCc1cc(F)ccc1OCc1ccnc(C#N)c1. The van der Waals surface area contributed by atoms with E-state index >= 15 is 0 Å². The summed E-state index contributed by atoms with van der Waals surface area (Å²) >= 11 is 0. The second kappa shape index (κ2) is 7.36. The lowest BCUT2D eigenvalue weighted by atomic mass is 10.2. The number of aromatic nitrogens is 1. The fourth-order valence-corrected chi connectivity index (χ4v) is 1.87. The maximum absolute atomic E-state index is 13.3. The fourth-order valence-electron chi connectivity index (χ4n) is 1.87. The molecule has 0 fully saturated rings. The van der Waals surface area contributed by atoms with E-state index in [9.17, 15) is 4.39 Å². The van der Waals surface area contributed by atoms with E-state index in [1.54, 1.807) is 24.4 Å². The standard InChI is InChI=1S/C16H16FN3O/c1-2-19-10-13-8-14(17)3-4-16(13)21-11-12-5-6-20-15(7-12)9-18/h3-8,19H,2,10-11H2,1H3. The van der Waals surface area contributed by atoms with Crippen LogP contribution < -0.4 is 10.1 Å². The number of ether oxygens (including phenoxy) is 1. The number of rotatable bonds is 6. The number of pyridine rings is 1. The molecule has 0 aliphatic heterocycles. The zero-order valence-electron chi connectivity index (χ0n) is 11.8. The molecule has 108 valence electrons. The van der Waals surface area contributed by atoms with Crippen LogP contribution in [-0.4, -0.2) is 11.5 Å². The van der Waals surface area contributed by atoms with Gasteiger partial charge in [-0.25, -0.2) is 9.37 Å². The molecule has 1 N–H and O–H groups in total. The maximum atomic E-state index is 13.3. The molecule has 5 heteroatoms. The molecule has 1 aromatic carbocycles. The van der Waals surface area contributed by atoms with Crippen molar-refractivity contribution in [1.82, 2.24) is 10.3 Å². The van der Waals surface area contributed by atoms with Crippen LogP contribution in [0.2, 0.25) is 0 Å². The highest BCUT2D eigenvalue weighted by molar-refractivity contribution is 5.34. The summed E-state index contributed by atoms with van der Waals surface area (Å²) in [4.78, 5) is 3.91. The van der Waals surface area contributed by atoms with Crippen LogP contribution in [0.15, 0.2) is 36.5 Å². The Morgan fingerprint density at radius 3 is 2.95 bits per heavy atom. The van der Waals surface area contributed by atoms with E-state index in [0.29, 0.717) is 24.6 Å². The minimum atomic E-state index is -0.286. The summed E-state index contributed by atoms with van der Waals surface area (Å²) in [6.07, 6.45) is 1.57. The van der Waals surface area contributed by atoms with Crippen molar-refractivity contribution in [2.24, 2.45) is 0 Å². The third-order valence-electron chi connectivity index (χ3n) is 2.92. The first-order chi connectivity index (χ1) is 10.2. The predicted octanol–water partition coefficient (Wildman–Crippen LogP) is 2.78. The third kappa shape index (κ3) is 4.26. The molecule has 0 atom stereocenters. The van der Waals surface area contributed by atoms with Gasteiger partial charge in [0.25, 0.3) is 0 Å². The molecule has 0 radical (unpaired) electrons. The van der Waals surface area contributed by atoms with E-state index < -0.39 is 0 Å². The number of nitrogens with zero attached hydrogens (tertiary/aromatic N) is 2. The number of nitriles is 1. The van der Waals surface area contributed by atoms with Gasteiger partial charge in [0.1, 0.15) is 29.9 Å². The Labute approximate surface area is 123 Å². The Hall–Kier alpha value is -2.45. The molecule has 0 aliphatic rings. The third-order valence-corrected chi connectivity index (χ3v) is 2.92. The fraction of sp³-hybridized carbons (Fsp3) is 0.250. The number of hydrogen-bond acceptors (Lipinski definition) is 4. The quantitative estimate of drug-likeness (QED) is 0.886. The zero-order chi connectivity index (χ0) is 15.1. The lowest BCUT2D eigenvalue weighted by molar-refractivity contribution is 0.301. The molecule has 21 heavy (non-hydrogen) atoms. The lowest BCUT2D eigenvalue weighted by Gasteiger charge is -2.12. The molecule has 4 nitrogen and oxygen atoms in total. The highest BCUT2D eigenvalue weighted by Crippen LogP contribution is 2.21. The van der Waals surface area contributed by atoms with Gasteiger partial charge in [-0.05, 0) is 42.4 Å². The van der Waals surface area contributed by atoms with E-state index in [0.717, 1.165) is 17.7 Å². The Balaban J connectivity index is 2.10. The summed E-state index contributed by atoms with van der Waals surface area (Å²) in [5, 5.41) is 12.0. The van der Waals surface area contributed by atoms with E-state index in [2.05, 4.69) is 10.3 Å². The molecule has 0 saturated carbocycles. The van der Waals surface area contributed by atoms with Gasteiger partial charge < -0.3 is 10.1 Å². The minimum Gasteiger partial charge on any atom is -0.489 e. The molecule has 2 rings (SSSR count). The van der Waals surface area contributed by atoms with Gasteiger partial charge >= 0.3 is 0 Å². The van der Waals surface area contributed by atoms with Crippen molar-refractivity contribution in [2.45, 2.75) is 20.1 Å². The van der Waals surface area contributed by atoms with E-state index in [1.807, 2.05) is 13.0 Å². The van der Waals surface area contributed by atoms with Crippen molar-refractivity contribution in [2.75, 3.05) is 6.54 Å². The summed E-state index contributed by atoms with van der Waals surface area (Å²) in [5.74, 6) is 0.346. The van der Waals surface area contributed by atoms with Crippen molar-refractivity contribution < 1.29 is 9.13 Å². The largest absolute Gasteiger partial charge is 0.489 e. The maximum Gasteiger partial charge on any atom is 0.140 e. The van der Waals surface area contributed by atoms with Gasteiger partial charge in [-0.1, -0.05) is 6.92 Å². The molecule has 2 aromatic rings. The van der Waals surface area contributed by atoms with Crippen LogP contribution in [0, 0.1) is 17.1 Å². The zero-order valence-corrected chi connectivity index (χ0v) is 11.8. The Kier molecular flexibility index (Phi) is 5.24. The van der Waals surface area contributed by atoms with Crippen molar-refractivity contribution in [3.63, 3.8) is 0 Å². The molecule has 0 aliphatic carbocycles. The van der Waals surface area contributed by atoms with Crippen molar-refractivity contribution >= 4 is 0 Å². The Bertz CT molecular complexity index is 652. The minimum absolute atomic E-state index is 0.286. The normalized spacial score (nSPS) is 10.1. The summed E-state index contributed by atoms with van der Waals surface area (Å²) in [7, 11) is 0. The number of benzene rings is 1. The van der Waals surface area contributed by atoms with Crippen molar-refractivity contribution in [1.29, 1.82) is 5.26 Å². The van der Waals surface area contributed by atoms with Crippen molar-refractivity contribution in [3.8, 4) is 11.8 Å². The van der Waals surface area contributed by atoms with Gasteiger partial charge in [0.2, 0.25) is 0 Å². The first-order valence-corrected chi connectivity index (χ1v) is 6.70. The van der Waals surface area contributed by atoms with Crippen molar-refractivity contribution in [3.05, 3.63) is 59.2 Å². The summed E-state index contributed by atoms with van der Waals surface area (Å²) in [6.45, 7) is 3.64. The van der Waals surface area contributed by atoms with Crippen LogP contribution in [0.5, 0.6) is 5.75 Å². The Morgan fingerprint density at radius 1 is 1.33 bits per heavy atom. The highest BCUT2D eigenvalue weighted by Gasteiger charge is 2.06. The van der Waals surface area contributed by atoms with Gasteiger partial charge in [0.15, 0.2) is 0 Å². The van der Waals surface area contributed by atoms with Gasteiger partial charge in [-0.15, -0.1) is 0 Å². The van der Waals surface area contributed by atoms with E-state index in [4.69, 9.17) is 10.00 Å². The predicted molar refractivity (Wildman–Crippen MR) is 77.1 cm³/mol. The second-order valence-electron chi connectivity index (χ2n) is 4.48. The molecular weight excluding hydrogens is 269 g/mol.